The van der Waals surface area contributed by atoms with Crippen LogP contribution in [0.4, 0.5) is 75.9 Å². The van der Waals surface area contributed by atoms with Gasteiger partial charge in [0.1, 0.15) is 28.3 Å². The molecule has 0 saturated carbocycles. The largest absolute Gasteiger partial charge is 0.573 e. The molecule has 0 unspecified atom stereocenters. The smallest absolute Gasteiger partial charge is 0.490 e. The number of aromatic nitrogens is 1. The van der Waals surface area contributed by atoms with Crippen LogP contribution >= 0.6 is 0 Å². The first kappa shape index (κ1) is 45.5. The third kappa shape index (κ3) is 14.4. The fourth-order valence-corrected chi connectivity index (χ4v) is 5.02. The zero-order chi connectivity index (χ0) is 57.7. The fourth-order valence-electron chi connectivity index (χ4n) is 5.02. The highest BCUT2D eigenvalue weighted by molar-refractivity contribution is 6.07. The van der Waals surface area contributed by atoms with Crippen molar-refractivity contribution >= 4 is 23.5 Å². The van der Waals surface area contributed by atoms with Gasteiger partial charge in [-0.1, -0.05) is 0 Å². The summed E-state index contributed by atoms with van der Waals surface area (Å²) in [5, 5.41) is 11.2. The third-order valence-corrected chi connectivity index (χ3v) is 7.59. The molecule has 378 valence electrons. The van der Waals surface area contributed by atoms with Gasteiger partial charge in [0.05, 0.1) is 29.4 Å². The van der Waals surface area contributed by atoms with Crippen molar-refractivity contribution < 1.29 is 141 Å². The predicted molar refractivity (Wildman–Crippen MR) is 196 cm³/mol. The number of hydrogen-bond donors (Lipinski definition) is 2. The second kappa shape index (κ2) is 21.3. The number of hydrogen-bond acceptors (Lipinski definition) is 13. The number of carboxylic acid groups (broad SMARTS) is 1. The van der Waals surface area contributed by atoms with Crippen molar-refractivity contribution in [1.29, 1.82) is 0 Å². The molecule has 0 bridgehead atoms. The average Bonchev–Trinajstić information content (AvgIpc) is 3.24. The number of carbonyl (C=O) groups excluding carboxylic acids is 2. The molecule has 1 heterocycles. The number of rotatable bonds is 14. The van der Waals surface area contributed by atoms with Gasteiger partial charge in [-0.2, -0.15) is 8.78 Å². The lowest BCUT2D eigenvalue weighted by Crippen LogP contribution is -2.21. The van der Waals surface area contributed by atoms with E-state index in [2.05, 4.69) is 38.1 Å². The number of aromatic carboxylic acids is 1. The summed E-state index contributed by atoms with van der Waals surface area (Å²) in [4.78, 5) is 39.8. The van der Waals surface area contributed by atoms with E-state index in [1.807, 2.05) is 5.32 Å². The minimum atomic E-state index is -5.45. The van der Waals surface area contributed by atoms with Crippen molar-refractivity contribution in [1.82, 2.24) is 4.98 Å². The van der Waals surface area contributed by atoms with Gasteiger partial charge < -0.3 is 53.1 Å². The third-order valence-electron chi connectivity index (χ3n) is 7.59. The standard InChI is InChI=1S/C23H14F8N2O7.C16H8F8O6/c1-36-19-15(6-5-14(18(19)25)40-23(29,30)31)38-12-3-4-13(39-22(26,27)28)17(24)16(12)20(34)33-10-7-8-32-11(9-10)21(35)37-2;1-27-13-9(5-4-8(12(13)18)30-16(22,23)24)28-6-2-3-7(29-15(19,20)21)11(17)10(6)14(25)26/h3-9H,1-2H3,(H,32,33,34);2-5H,1H3,(H,25,26)/i2*1D3. The summed E-state index contributed by atoms with van der Waals surface area (Å²) in [7, 11) is -5.97. The number of carbonyl (C=O) groups is 3. The van der Waals surface area contributed by atoms with Crippen LogP contribution in [0.1, 0.15) is 39.4 Å². The van der Waals surface area contributed by atoms with Crippen molar-refractivity contribution in [2.24, 2.45) is 0 Å². The van der Waals surface area contributed by atoms with Crippen LogP contribution < -0.4 is 43.2 Å². The van der Waals surface area contributed by atoms with Crippen LogP contribution in [0.25, 0.3) is 0 Å². The van der Waals surface area contributed by atoms with Crippen molar-refractivity contribution in [2.45, 2.75) is 25.4 Å². The van der Waals surface area contributed by atoms with E-state index in [1.165, 1.54) is 0 Å². The summed E-state index contributed by atoms with van der Waals surface area (Å²) < 4.78 is 289. The summed E-state index contributed by atoms with van der Waals surface area (Å²) in [6, 6.07) is 5.13. The Morgan fingerprint density at radius 1 is 0.543 bits per heavy atom. The highest BCUT2D eigenvalue weighted by Crippen LogP contribution is 2.44. The zero-order valence-electron chi connectivity index (χ0n) is 39.2. The molecule has 0 aliphatic heterocycles. The molecule has 0 saturated heterocycles. The Labute approximate surface area is 385 Å². The van der Waals surface area contributed by atoms with E-state index in [1.54, 1.807) is 0 Å². The van der Waals surface area contributed by atoms with Gasteiger partial charge in [0.25, 0.3) is 5.91 Å². The van der Waals surface area contributed by atoms with E-state index < -0.39 is 149 Å². The molecule has 2 N–H and O–H groups in total. The van der Waals surface area contributed by atoms with Crippen LogP contribution in [0.15, 0.2) is 66.9 Å². The first-order chi connectivity index (χ1) is 34.7. The summed E-state index contributed by atoms with van der Waals surface area (Å²) in [6.45, 7) is 0. The topological polar surface area (TPSA) is 179 Å². The van der Waals surface area contributed by atoms with Crippen LogP contribution in [-0.2, 0) is 4.74 Å². The molecular weight excluding hydrogens is 1010 g/mol. The number of benzene rings is 4. The lowest BCUT2D eigenvalue weighted by atomic mass is 10.1. The average molecular weight is 1040 g/mol. The quantitative estimate of drug-likeness (QED) is 0.0792. The molecule has 15 nitrogen and oxygen atoms in total. The highest BCUT2D eigenvalue weighted by Gasteiger charge is 2.38. The first-order valence-corrected chi connectivity index (χ1v) is 17.3. The minimum Gasteiger partial charge on any atom is -0.490 e. The maximum atomic E-state index is 15.3. The summed E-state index contributed by atoms with van der Waals surface area (Å²) in [6.07, 6.45) is -20.7. The Bertz CT molecular complexity index is 2970. The number of methoxy groups -OCH3 is 3. The van der Waals surface area contributed by atoms with E-state index in [4.69, 9.17) is 22.8 Å². The van der Waals surface area contributed by atoms with Gasteiger partial charge in [0, 0.05) is 11.9 Å². The Morgan fingerprint density at radius 3 is 1.27 bits per heavy atom. The van der Waals surface area contributed by atoms with Gasteiger partial charge in [0.15, 0.2) is 46.1 Å². The summed E-state index contributed by atoms with van der Waals surface area (Å²) in [5.74, 6) is -26.5. The van der Waals surface area contributed by atoms with Crippen LogP contribution in [0.5, 0.6) is 57.5 Å². The van der Waals surface area contributed by atoms with Crippen molar-refractivity contribution in [2.75, 3.05) is 26.5 Å². The van der Waals surface area contributed by atoms with Gasteiger partial charge in [-0.15, -0.1) is 52.7 Å². The number of esters is 1. The van der Waals surface area contributed by atoms with Crippen molar-refractivity contribution in [3.05, 3.63) is 107 Å². The minimum absolute atomic E-state index is 0.265. The summed E-state index contributed by atoms with van der Waals surface area (Å²) in [5.41, 5.74) is -3.53. The Hall–Kier alpha value is -8.28. The number of carboxylic acids is 1. The molecule has 0 fully saturated rings. The second-order valence-corrected chi connectivity index (χ2v) is 12.2. The number of ether oxygens (including phenoxy) is 9. The van der Waals surface area contributed by atoms with E-state index in [9.17, 15) is 80.2 Å². The van der Waals surface area contributed by atoms with Crippen LogP contribution in [-0.4, -0.2) is 74.6 Å². The molecule has 1 aromatic heterocycles. The molecule has 70 heavy (non-hydrogen) atoms. The number of pyridine rings is 1. The van der Waals surface area contributed by atoms with Crippen LogP contribution in [0.3, 0.4) is 0 Å². The first-order valence-electron chi connectivity index (χ1n) is 20.3. The van der Waals surface area contributed by atoms with E-state index in [0.717, 1.165) is 25.4 Å². The molecule has 0 atom stereocenters. The number of amides is 1. The van der Waals surface area contributed by atoms with Crippen LogP contribution in [0, 0.1) is 23.3 Å². The Balaban J connectivity index is 0.000000340. The zero-order valence-corrected chi connectivity index (χ0v) is 33.2. The number of alkyl halides is 12. The van der Waals surface area contributed by atoms with Gasteiger partial charge in [-0.3, -0.25) is 4.79 Å². The Morgan fingerprint density at radius 2 is 0.900 bits per heavy atom. The SMILES string of the molecule is [2H]C([2H])([2H])Oc1c(Oc2ccc(OC(F)(F)F)c(F)c2C(=O)Nc2ccnc(C(=O)OC)c2)ccc(OC(F)(F)F)c1F.[2H]C([2H])([2H])Oc1c(Oc2ccc(OC(F)(F)F)c(F)c2C(=O)O)ccc(OC(F)(F)F)c1F. The van der Waals surface area contributed by atoms with E-state index in [-0.39, 0.29) is 17.4 Å². The normalized spacial score (nSPS) is 13.2. The van der Waals surface area contributed by atoms with E-state index in [0.29, 0.717) is 42.5 Å². The lowest BCUT2D eigenvalue weighted by molar-refractivity contribution is -0.276. The molecule has 1 amide bonds. The number of anilines is 1. The van der Waals surface area contributed by atoms with Gasteiger partial charge >= 0.3 is 37.4 Å². The fraction of sp³-hybridized carbons (Fsp3) is 0.179. The van der Waals surface area contributed by atoms with Crippen molar-refractivity contribution in [3.8, 4) is 57.5 Å². The Kier molecular flexibility index (Phi) is 13.9. The molecule has 0 radical (unpaired) electrons. The molecule has 5 aromatic rings. The lowest BCUT2D eigenvalue weighted by Gasteiger charge is -2.18. The molecule has 0 aliphatic rings. The van der Waals surface area contributed by atoms with E-state index >= 15 is 4.39 Å². The molecule has 5 rings (SSSR count). The van der Waals surface area contributed by atoms with Gasteiger partial charge in [-0.05, 0) is 60.7 Å². The number of nitrogens with zero attached hydrogens (tertiary/aromatic N) is 1. The monoisotopic (exact) mass is 1040 g/mol. The second-order valence-electron chi connectivity index (χ2n) is 12.2. The molecule has 0 aliphatic carbocycles. The molecule has 0 spiro atoms. The van der Waals surface area contributed by atoms with Gasteiger partial charge in [0.2, 0.25) is 23.1 Å². The maximum absolute atomic E-state index is 15.3. The number of halogens is 16. The molecular formula is C39H22F16N2O13. The van der Waals surface area contributed by atoms with Gasteiger partial charge in [-0.25, -0.2) is 23.4 Å². The maximum Gasteiger partial charge on any atom is 0.573 e. The summed E-state index contributed by atoms with van der Waals surface area (Å²) >= 11 is 0. The predicted octanol–water partition coefficient (Wildman–Crippen LogP) is 11.3. The van der Waals surface area contributed by atoms with Crippen LogP contribution in [0.2, 0.25) is 0 Å². The number of nitrogens with one attached hydrogen (secondary N) is 1. The molecule has 4 aromatic carbocycles. The highest BCUT2D eigenvalue weighted by atomic mass is 19.4. The molecule has 31 heteroatoms. The van der Waals surface area contributed by atoms with Crippen molar-refractivity contribution in [3.63, 3.8) is 0 Å².